The fraction of sp³-hybridized carbons (Fsp3) is 0.588. The molecule has 0 bridgehead atoms. The second-order valence-electron chi connectivity index (χ2n) is 6.55. The zero-order chi connectivity index (χ0) is 15.9. The van der Waals surface area contributed by atoms with Crippen LogP contribution in [-0.4, -0.2) is 26.1 Å². The summed E-state index contributed by atoms with van der Waals surface area (Å²) in [4.78, 5) is 12.2. The van der Waals surface area contributed by atoms with Gasteiger partial charge in [0.15, 0.2) is 0 Å². The molecule has 0 heterocycles. The number of hydrogen-bond donors (Lipinski definition) is 2. The highest BCUT2D eigenvalue weighted by Crippen LogP contribution is 2.24. The minimum absolute atomic E-state index is 0.0438. The summed E-state index contributed by atoms with van der Waals surface area (Å²) in [5.41, 5.74) is 6.93. The molecule has 21 heavy (non-hydrogen) atoms. The van der Waals surface area contributed by atoms with Gasteiger partial charge >= 0.3 is 0 Å². The van der Waals surface area contributed by atoms with Crippen molar-refractivity contribution in [2.45, 2.75) is 33.6 Å². The molecule has 1 unspecified atom stereocenters. The van der Waals surface area contributed by atoms with E-state index in [0.29, 0.717) is 13.1 Å². The summed E-state index contributed by atoms with van der Waals surface area (Å²) in [6.45, 7) is 7.35. The van der Waals surface area contributed by atoms with Crippen LogP contribution in [0.5, 0.6) is 5.75 Å². The standard InChI is InChI=1S/C17H28N2O2/c1-17(2,3)11-14(12-18)16(20)19-10-9-13-7-5-6-8-15(13)21-4/h5-8,14H,9-12,18H2,1-4H3,(H,19,20). The third-order valence-electron chi connectivity index (χ3n) is 3.40. The summed E-state index contributed by atoms with van der Waals surface area (Å²) < 4.78 is 5.30. The summed E-state index contributed by atoms with van der Waals surface area (Å²) in [7, 11) is 1.66. The lowest BCUT2D eigenvalue weighted by Crippen LogP contribution is -2.38. The fourth-order valence-electron chi connectivity index (χ4n) is 2.40. The van der Waals surface area contributed by atoms with Crippen molar-refractivity contribution in [1.82, 2.24) is 5.32 Å². The van der Waals surface area contributed by atoms with Crippen LogP contribution >= 0.6 is 0 Å². The zero-order valence-electron chi connectivity index (χ0n) is 13.6. The van der Waals surface area contributed by atoms with Crippen molar-refractivity contribution in [3.05, 3.63) is 29.8 Å². The third kappa shape index (κ3) is 6.17. The van der Waals surface area contributed by atoms with Crippen molar-refractivity contribution in [2.75, 3.05) is 20.2 Å². The van der Waals surface area contributed by atoms with E-state index < -0.39 is 0 Å². The first kappa shape index (κ1) is 17.5. The van der Waals surface area contributed by atoms with Crippen LogP contribution in [0.3, 0.4) is 0 Å². The molecule has 118 valence electrons. The van der Waals surface area contributed by atoms with Crippen molar-refractivity contribution in [3.63, 3.8) is 0 Å². The molecular formula is C17H28N2O2. The van der Waals surface area contributed by atoms with Crippen LogP contribution in [0.15, 0.2) is 24.3 Å². The van der Waals surface area contributed by atoms with Gasteiger partial charge in [0.2, 0.25) is 5.91 Å². The lowest BCUT2D eigenvalue weighted by Gasteiger charge is -2.24. The molecule has 1 atom stereocenters. The van der Waals surface area contributed by atoms with Crippen LogP contribution in [0.2, 0.25) is 0 Å². The second-order valence-corrected chi connectivity index (χ2v) is 6.55. The van der Waals surface area contributed by atoms with E-state index in [9.17, 15) is 4.79 Å². The lowest BCUT2D eigenvalue weighted by molar-refractivity contribution is -0.125. The number of rotatable bonds is 7. The van der Waals surface area contributed by atoms with Gasteiger partial charge in [0.05, 0.1) is 13.0 Å². The number of nitrogens with one attached hydrogen (secondary N) is 1. The molecule has 4 heteroatoms. The van der Waals surface area contributed by atoms with Gasteiger partial charge in [0, 0.05) is 13.1 Å². The SMILES string of the molecule is COc1ccccc1CCNC(=O)C(CN)CC(C)(C)C. The molecule has 1 aromatic rings. The summed E-state index contributed by atoms with van der Waals surface area (Å²) in [6, 6.07) is 7.86. The predicted octanol–water partition coefficient (Wildman–Crippen LogP) is 2.37. The van der Waals surface area contributed by atoms with Crippen molar-refractivity contribution in [1.29, 1.82) is 0 Å². The number of nitrogens with two attached hydrogens (primary N) is 1. The van der Waals surface area contributed by atoms with Gasteiger partial charge in [0.1, 0.15) is 5.75 Å². The van der Waals surface area contributed by atoms with Crippen molar-refractivity contribution in [2.24, 2.45) is 17.1 Å². The maximum atomic E-state index is 12.2. The van der Waals surface area contributed by atoms with Gasteiger partial charge in [-0.2, -0.15) is 0 Å². The number of benzene rings is 1. The first-order valence-electron chi connectivity index (χ1n) is 7.47. The van der Waals surface area contributed by atoms with Gasteiger partial charge in [0.25, 0.3) is 0 Å². The van der Waals surface area contributed by atoms with Crippen LogP contribution in [0.1, 0.15) is 32.8 Å². The Morgan fingerprint density at radius 2 is 2.00 bits per heavy atom. The highest BCUT2D eigenvalue weighted by atomic mass is 16.5. The molecule has 1 aromatic carbocycles. The van der Waals surface area contributed by atoms with Crippen LogP contribution in [-0.2, 0) is 11.2 Å². The van der Waals surface area contributed by atoms with Gasteiger partial charge in [-0.3, -0.25) is 4.79 Å². The first-order chi connectivity index (χ1) is 9.87. The second kappa shape index (κ2) is 8.03. The van der Waals surface area contributed by atoms with E-state index in [4.69, 9.17) is 10.5 Å². The molecule has 3 N–H and O–H groups in total. The maximum Gasteiger partial charge on any atom is 0.224 e. The Kier molecular flexibility index (Phi) is 6.69. The van der Waals surface area contributed by atoms with E-state index in [1.54, 1.807) is 7.11 Å². The third-order valence-corrected chi connectivity index (χ3v) is 3.40. The molecule has 0 fully saturated rings. The number of carbonyl (C=O) groups is 1. The van der Waals surface area contributed by atoms with Crippen LogP contribution < -0.4 is 15.8 Å². The number of hydrogen-bond acceptors (Lipinski definition) is 3. The molecule has 1 amide bonds. The summed E-state index contributed by atoms with van der Waals surface area (Å²) in [6.07, 6.45) is 1.55. The predicted molar refractivity (Wildman–Crippen MR) is 86.3 cm³/mol. The number of amides is 1. The molecule has 0 spiro atoms. The van der Waals surface area contributed by atoms with E-state index in [2.05, 4.69) is 26.1 Å². The Bertz CT molecular complexity index is 452. The molecule has 1 rings (SSSR count). The molecule has 0 saturated carbocycles. The summed E-state index contributed by atoms with van der Waals surface area (Å²) in [5, 5.41) is 2.98. The monoisotopic (exact) mass is 292 g/mol. The topological polar surface area (TPSA) is 64.3 Å². The zero-order valence-corrected chi connectivity index (χ0v) is 13.6. The van der Waals surface area contributed by atoms with E-state index in [0.717, 1.165) is 24.2 Å². The van der Waals surface area contributed by atoms with E-state index >= 15 is 0 Å². The molecule has 0 aliphatic heterocycles. The summed E-state index contributed by atoms with van der Waals surface area (Å²) >= 11 is 0. The summed E-state index contributed by atoms with van der Waals surface area (Å²) in [5.74, 6) is 0.779. The number of methoxy groups -OCH3 is 1. The minimum Gasteiger partial charge on any atom is -0.496 e. The molecule has 0 radical (unpaired) electrons. The first-order valence-corrected chi connectivity index (χ1v) is 7.47. The van der Waals surface area contributed by atoms with Gasteiger partial charge in [-0.05, 0) is 29.9 Å². The van der Waals surface area contributed by atoms with Crippen molar-refractivity contribution >= 4 is 5.91 Å². The Balaban J connectivity index is 2.49. The smallest absolute Gasteiger partial charge is 0.224 e. The minimum atomic E-state index is -0.123. The molecule has 4 nitrogen and oxygen atoms in total. The van der Waals surface area contributed by atoms with Crippen LogP contribution in [0.4, 0.5) is 0 Å². The normalized spacial score (nSPS) is 12.8. The number of carbonyl (C=O) groups excluding carboxylic acids is 1. The molecule has 0 aliphatic rings. The Morgan fingerprint density at radius 1 is 1.33 bits per heavy atom. The van der Waals surface area contributed by atoms with Gasteiger partial charge < -0.3 is 15.8 Å². The largest absolute Gasteiger partial charge is 0.496 e. The van der Waals surface area contributed by atoms with E-state index in [1.807, 2.05) is 24.3 Å². The molecular weight excluding hydrogens is 264 g/mol. The van der Waals surface area contributed by atoms with Crippen LogP contribution in [0.25, 0.3) is 0 Å². The maximum absolute atomic E-state index is 12.2. The quantitative estimate of drug-likeness (QED) is 0.811. The average molecular weight is 292 g/mol. The highest BCUT2D eigenvalue weighted by Gasteiger charge is 2.23. The average Bonchev–Trinajstić information content (AvgIpc) is 2.44. The number of para-hydroxylation sites is 1. The van der Waals surface area contributed by atoms with Gasteiger partial charge in [-0.25, -0.2) is 0 Å². The Labute approximate surface area is 128 Å². The molecule has 0 aliphatic carbocycles. The Morgan fingerprint density at radius 3 is 2.57 bits per heavy atom. The molecule has 0 saturated heterocycles. The molecule has 0 aromatic heterocycles. The lowest BCUT2D eigenvalue weighted by atomic mass is 9.84. The van der Waals surface area contributed by atoms with E-state index in [-0.39, 0.29) is 17.2 Å². The highest BCUT2D eigenvalue weighted by molar-refractivity contribution is 5.78. The Hall–Kier alpha value is -1.55. The van der Waals surface area contributed by atoms with Gasteiger partial charge in [-0.1, -0.05) is 39.0 Å². The van der Waals surface area contributed by atoms with E-state index in [1.165, 1.54) is 0 Å². The van der Waals surface area contributed by atoms with Crippen molar-refractivity contribution in [3.8, 4) is 5.75 Å². The fourth-order valence-corrected chi connectivity index (χ4v) is 2.40. The van der Waals surface area contributed by atoms with Gasteiger partial charge in [-0.15, -0.1) is 0 Å². The van der Waals surface area contributed by atoms with Crippen LogP contribution in [0, 0.1) is 11.3 Å². The van der Waals surface area contributed by atoms with Crippen molar-refractivity contribution < 1.29 is 9.53 Å². The number of ether oxygens (including phenoxy) is 1.